The number of halogens is 3. The molecule has 0 aromatic heterocycles. The Morgan fingerprint density at radius 1 is 1.37 bits per heavy atom. The zero-order valence-electron chi connectivity index (χ0n) is 10.5. The quantitative estimate of drug-likeness (QED) is 0.527. The Morgan fingerprint density at radius 2 is 2.11 bits per heavy atom. The van der Waals surface area contributed by atoms with Gasteiger partial charge in [0.15, 0.2) is 0 Å². The molecule has 0 aliphatic heterocycles. The van der Waals surface area contributed by atoms with Crippen LogP contribution in [0.25, 0.3) is 0 Å². The number of amides is 1. The van der Waals surface area contributed by atoms with Crippen molar-refractivity contribution in [3.8, 4) is 0 Å². The molecule has 0 atom stereocenters. The van der Waals surface area contributed by atoms with E-state index in [4.69, 9.17) is 16.3 Å². The minimum absolute atomic E-state index is 0. The van der Waals surface area contributed by atoms with Gasteiger partial charge in [-0.15, -0.1) is 12.4 Å². The van der Waals surface area contributed by atoms with E-state index in [9.17, 15) is 4.79 Å². The average Bonchev–Trinajstić information content (AvgIpc) is 2.36. The second-order valence-corrected chi connectivity index (χ2v) is 5.28. The molecule has 1 aromatic rings. The second-order valence-electron chi connectivity index (χ2n) is 3.62. The summed E-state index contributed by atoms with van der Waals surface area (Å²) in [5.74, 6) is -0.146. The molecule has 0 saturated carbocycles. The Kier molecular flexibility index (Phi) is 10.6. The molecule has 7 heteroatoms. The van der Waals surface area contributed by atoms with Gasteiger partial charge in [-0.25, -0.2) is 0 Å². The van der Waals surface area contributed by atoms with Crippen LogP contribution in [0.5, 0.6) is 0 Å². The molecule has 19 heavy (non-hydrogen) atoms. The summed E-state index contributed by atoms with van der Waals surface area (Å²) in [5.41, 5.74) is 0.514. The number of methoxy groups -OCH3 is 1. The highest BCUT2D eigenvalue weighted by Crippen LogP contribution is 2.18. The summed E-state index contributed by atoms with van der Waals surface area (Å²) in [6.07, 6.45) is 0. The molecule has 0 spiro atoms. The van der Waals surface area contributed by atoms with Crippen LogP contribution >= 0.6 is 46.6 Å². The van der Waals surface area contributed by atoms with Gasteiger partial charge < -0.3 is 15.4 Å². The topological polar surface area (TPSA) is 50.4 Å². The van der Waals surface area contributed by atoms with Crippen molar-refractivity contribution in [1.82, 2.24) is 10.6 Å². The Morgan fingerprint density at radius 3 is 2.79 bits per heavy atom. The zero-order chi connectivity index (χ0) is 13.4. The van der Waals surface area contributed by atoms with Gasteiger partial charge in [-0.2, -0.15) is 0 Å². The van der Waals surface area contributed by atoms with E-state index in [1.807, 2.05) is 6.07 Å². The number of hydrogen-bond donors (Lipinski definition) is 2. The van der Waals surface area contributed by atoms with Crippen LogP contribution in [0.1, 0.15) is 10.4 Å². The summed E-state index contributed by atoms with van der Waals surface area (Å²) in [5, 5.41) is 6.43. The highest BCUT2D eigenvalue weighted by molar-refractivity contribution is 14.1. The van der Waals surface area contributed by atoms with Crippen molar-refractivity contribution in [2.24, 2.45) is 0 Å². The largest absolute Gasteiger partial charge is 0.383 e. The molecule has 108 valence electrons. The molecule has 1 rings (SSSR count). The fourth-order valence-electron chi connectivity index (χ4n) is 1.33. The predicted molar refractivity (Wildman–Crippen MR) is 88.5 cm³/mol. The first kappa shape index (κ1) is 18.9. The van der Waals surface area contributed by atoms with Gasteiger partial charge in [-0.1, -0.05) is 11.6 Å². The molecule has 0 unspecified atom stereocenters. The summed E-state index contributed by atoms with van der Waals surface area (Å²) >= 11 is 8.13. The lowest BCUT2D eigenvalue weighted by molar-refractivity contribution is 0.0954. The normalized spacial score (nSPS) is 9.84. The van der Waals surface area contributed by atoms with Crippen LogP contribution in [0.4, 0.5) is 0 Å². The van der Waals surface area contributed by atoms with E-state index in [0.717, 1.165) is 10.1 Å². The van der Waals surface area contributed by atoms with Crippen molar-refractivity contribution >= 4 is 52.5 Å². The first-order chi connectivity index (χ1) is 8.65. The lowest BCUT2D eigenvalue weighted by Gasteiger charge is -2.08. The van der Waals surface area contributed by atoms with E-state index < -0.39 is 0 Å². The van der Waals surface area contributed by atoms with Crippen molar-refractivity contribution < 1.29 is 9.53 Å². The number of carbonyl (C=O) groups excluding carboxylic acids is 1. The highest BCUT2D eigenvalue weighted by Gasteiger charge is 2.09. The summed E-state index contributed by atoms with van der Waals surface area (Å²) in [6, 6.07) is 5.37. The third-order valence-electron chi connectivity index (χ3n) is 2.24. The molecule has 0 fully saturated rings. The Bertz CT molecular complexity index is 405. The maximum Gasteiger partial charge on any atom is 0.252 e. The van der Waals surface area contributed by atoms with Crippen molar-refractivity contribution in [1.29, 1.82) is 0 Å². The average molecular weight is 419 g/mol. The Labute approximate surface area is 138 Å². The van der Waals surface area contributed by atoms with Crippen molar-refractivity contribution in [2.75, 3.05) is 33.4 Å². The summed E-state index contributed by atoms with van der Waals surface area (Å²) in [7, 11) is 1.66. The van der Waals surface area contributed by atoms with E-state index in [0.29, 0.717) is 30.3 Å². The standard InChI is InChI=1S/C12H16ClIN2O2.ClH/c1-18-7-6-15-4-5-16-12(17)10-8-9(14)2-3-11(10)13;/h2-3,8,15H,4-7H2,1H3,(H,16,17);1H. The minimum atomic E-state index is -0.146. The van der Waals surface area contributed by atoms with Gasteiger partial charge in [-0.05, 0) is 40.8 Å². The van der Waals surface area contributed by atoms with Crippen molar-refractivity contribution in [3.05, 3.63) is 32.4 Å². The lowest BCUT2D eigenvalue weighted by atomic mass is 10.2. The predicted octanol–water partition coefficient (Wildman–Crippen LogP) is 2.33. The number of nitrogens with one attached hydrogen (secondary N) is 2. The van der Waals surface area contributed by atoms with Gasteiger partial charge in [0.1, 0.15) is 0 Å². The lowest BCUT2D eigenvalue weighted by Crippen LogP contribution is -2.33. The smallest absolute Gasteiger partial charge is 0.252 e. The van der Waals surface area contributed by atoms with Gasteiger partial charge in [0, 0.05) is 30.3 Å². The molecule has 0 radical (unpaired) electrons. The number of benzene rings is 1. The maximum absolute atomic E-state index is 11.9. The fourth-order valence-corrected chi connectivity index (χ4v) is 2.02. The molecular formula is C12H17Cl2IN2O2. The van der Waals surface area contributed by atoms with Crippen LogP contribution in [-0.4, -0.2) is 39.3 Å². The van der Waals surface area contributed by atoms with Crippen molar-refractivity contribution in [2.45, 2.75) is 0 Å². The third kappa shape index (κ3) is 7.31. The number of carbonyl (C=O) groups is 1. The van der Waals surface area contributed by atoms with Crippen LogP contribution in [0.15, 0.2) is 18.2 Å². The number of hydrogen-bond acceptors (Lipinski definition) is 3. The first-order valence-corrected chi connectivity index (χ1v) is 7.03. The van der Waals surface area contributed by atoms with E-state index in [1.54, 1.807) is 19.2 Å². The van der Waals surface area contributed by atoms with E-state index in [1.165, 1.54) is 0 Å². The van der Waals surface area contributed by atoms with Gasteiger partial charge in [0.2, 0.25) is 0 Å². The highest BCUT2D eigenvalue weighted by atomic mass is 127. The van der Waals surface area contributed by atoms with Crippen LogP contribution < -0.4 is 10.6 Å². The fraction of sp³-hybridized carbons (Fsp3) is 0.417. The molecule has 0 saturated heterocycles. The second kappa shape index (κ2) is 10.7. The van der Waals surface area contributed by atoms with Gasteiger partial charge in [-0.3, -0.25) is 4.79 Å². The first-order valence-electron chi connectivity index (χ1n) is 5.58. The molecule has 1 aromatic carbocycles. The summed E-state index contributed by atoms with van der Waals surface area (Å²) in [4.78, 5) is 11.9. The zero-order valence-corrected chi connectivity index (χ0v) is 14.3. The third-order valence-corrected chi connectivity index (χ3v) is 3.24. The van der Waals surface area contributed by atoms with Gasteiger partial charge in [0.25, 0.3) is 5.91 Å². The molecule has 0 bridgehead atoms. The summed E-state index contributed by atoms with van der Waals surface area (Å²) < 4.78 is 5.89. The molecule has 0 aliphatic carbocycles. The van der Waals surface area contributed by atoms with Crippen LogP contribution in [0, 0.1) is 3.57 Å². The maximum atomic E-state index is 11.9. The molecule has 0 aliphatic rings. The molecular weight excluding hydrogens is 402 g/mol. The van der Waals surface area contributed by atoms with Crippen LogP contribution in [0.2, 0.25) is 5.02 Å². The molecule has 0 heterocycles. The Balaban J connectivity index is 0.00000324. The van der Waals surface area contributed by atoms with Gasteiger partial charge in [0.05, 0.1) is 17.2 Å². The number of rotatable bonds is 7. The van der Waals surface area contributed by atoms with Crippen LogP contribution in [-0.2, 0) is 4.74 Å². The molecule has 4 nitrogen and oxygen atoms in total. The van der Waals surface area contributed by atoms with Gasteiger partial charge >= 0.3 is 0 Å². The molecule has 2 N–H and O–H groups in total. The SMILES string of the molecule is COCCNCCNC(=O)c1cc(I)ccc1Cl.Cl. The van der Waals surface area contributed by atoms with E-state index >= 15 is 0 Å². The van der Waals surface area contributed by atoms with Crippen molar-refractivity contribution in [3.63, 3.8) is 0 Å². The Hall–Kier alpha value is -0.0800. The minimum Gasteiger partial charge on any atom is -0.383 e. The number of ether oxygens (including phenoxy) is 1. The monoisotopic (exact) mass is 418 g/mol. The molecule has 1 amide bonds. The van der Waals surface area contributed by atoms with E-state index in [2.05, 4.69) is 33.2 Å². The van der Waals surface area contributed by atoms with E-state index in [-0.39, 0.29) is 18.3 Å². The summed E-state index contributed by atoms with van der Waals surface area (Å²) in [6.45, 7) is 2.70. The van der Waals surface area contributed by atoms with Crippen LogP contribution in [0.3, 0.4) is 0 Å².